The maximum absolute atomic E-state index is 12.2. The number of carbonyl (C=O) groups excluding carboxylic acids is 1. The van der Waals surface area contributed by atoms with Crippen molar-refractivity contribution in [2.45, 2.75) is 25.8 Å². The molecule has 0 radical (unpaired) electrons. The van der Waals surface area contributed by atoms with Gasteiger partial charge in [0.25, 0.3) is 0 Å². The van der Waals surface area contributed by atoms with Gasteiger partial charge in [0, 0.05) is 32.2 Å². The molecule has 1 saturated carbocycles. The van der Waals surface area contributed by atoms with Crippen LogP contribution in [0.3, 0.4) is 0 Å². The van der Waals surface area contributed by atoms with Crippen LogP contribution in [0, 0.1) is 22.7 Å². The topological polar surface area (TPSA) is 59.4 Å². The summed E-state index contributed by atoms with van der Waals surface area (Å²) < 4.78 is 0. The Labute approximate surface area is 115 Å². The molecule has 0 bridgehead atoms. The summed E-state index contributed by atoms with van der Waals surface area (Å²) in [5.41, 5.74) is -0.751. The second-order valence-corrected chi connectivity index (χ2v) is 6.31. The van der Waals surface area contributed by atoms with Crippen LogP contribution in [0.1, 0.15) is 19.8 Å². The van der Waals surface area contributed by atoms with Crippen molar-refractivity contribution >= 4 is 5.91 Å². The van der Waals surface area contributed by atoms with Gasteiger partial charge in [-0.15, -0.1) is 0 Å². The summed E-state index contributed by atoms with van der Waals surface area (Å²) in [6.45, 7) is 5.79. The zero-order valence-corrected chi connectivity index (χ0v) is 12.1. The summed E-state index contributed by atoms with van der Waals surface area (Å²) in [4.78, 5) is 16.7. The highest BCUT2D eigenvalue weighted by Gasteiger charge is 2.48. The Balaban J connectivity index is 1.85. The molecular formula is C14H24N4O. The van der Waals surface area contributed by atoms with Crippen molar-refractivity contribution < 1.29 is 4.79 Å². The van der Waals surface area contributed by atoms with Crippen LogP contribution in [-0.4, -0.2) is 62.0 Å². The zero-order chi connectivity index (χ0) is 14.0. The van der Waals surface area contributed by atoms with Crippen molar-refractivity contribution in [3.05, 3.63) is 0 Å². The highest BCUT2D eigenvalue weighted by atomic mass is 16.2. The van der Waals surface area contributed by atoms with Crippen molar-refractivity contribution in [2.24, 2.45) is 11.3 Å². The fourth-order valence-corrected chi connectivity index (χ4v) is 3.16. The molecule has 1 unspecified atom stereocenters. The first-order valence-electron chi connectivity index (χ1n) is 7.05. The number of rotatable bonds is 3. The van der Waals surface area contributed by atoms with E-state index in [9.17, 15) is 10.1 Å². The SMILES string of the molecule is CC1CC(C#N)(C(=O)NCC2CN(C)CCN2C)C1. The normalized spacial score (nSPS) is 36.3. The first-order chi connectivity index (χ1) is 8.97. The Morgan fingerprint density at radius 1 is 1.42 bits per heavy atom. The van der Waals surface area contributed by atoms with Crippen LogP contribution in [0.15, 0.2) is 0 Å². The summed E-state index contributed by atoms with van der Waals surface area (Å²) in [5, 5.41) is 12.2. The van der Waals surface area contributed by atoms with Crippen molar-refractivity contribution in [2.75, 3.05) is 40.3 Å². The third-order valence-electron chi connectivity index (χ3n) is 4.52. The quantitative estimate of drug-likeness (QED) is 0.796. The molecule has 5 heteroatoms. The second-order valence-electron chi connectivity index (χ2n) is 6.31. The molecule has 1 aliphatic heterocycles. The van der Waals surface area contributed by atoms with Crippen LogP contribution in [0.5, 0.6) is 0 Å². The minimum absolute atomic E-state index is 0.0743. The number of nitrogens with zero attached hydrogens (tertiary/aromatic N) is 3. The zero-order valence-electron chi connectivity index (χ0n) is 12.1. The lowest BCUT2D eigenvalue weighted by Gasteiger charge is -2.41. The van der Waals surface area contributed by atoms with Crippen LogP contribution >= 0.6 is 0 Å². The Morgan fingerprint density at radius 2 is 2.11 bits per heavy atom. The van der Waals surface area contributed by atoms with E-state index in [4.69, 9.17) is 0 Å². The number of nitriles is 1. The average molecular weight is 264 g/mol. The third kappa shape index (κ3) is 2.90. The highest BCUT2D eigenvalue weighted by molar-refractivity contribution is 5.86. The molecule has 19 heavy (non-hydrogen) atoms. The lowest BCUT2D eigenvalue weighted by molar-refractivity contribution is -0.134. The Hall–Kier alpha value is -1.12. The number of hydrogen-bond acceptors (Lipinski definition) is 4. The molecule has 1 N–H and O–H groups in total. The number of carbonyl (C=O) groups is 1. The predicted octanol–water partition coefficient (Wildman–Crippen LogP) is 0.288. The van der Waals surface area contributed by atoms with Crippen molar-refractivity contribution in [3.8, 4) is 6.07 Å². The molecule has 2 rings (SSSR count). The van der Waals surface area contributed by atoms with Gasteiger partial charge >= 0.3 is 0 Å². The molecule has 0 aromatic carbocycles. The van der Waals surface area contributed by atoms with Gasteiger partial charge in [-0.1, -0.05) is 6.92 Å². The molecule has 2 aliphatic rings. The average Bonchev–Trinajstić information content (AvgIpc) is 2.35. The van der Waals surface area contributed by atoms with Gasteiger partial charge in [-0.25, -0.2) is 0 Å². The molecular weight excluding hydrogens is 240 g/mol. The molecule has 1 saturated heterocycles. The fraction of sp³-hybridized carbons (Fsp3) is 0.857. The number of amides is 1. The molecule has 2 fully saturated rings. The Kier molecular flexibility index (Phi) is 4.12. The van der Waals surface area contributed by atoms with Gasteiger partial charge in [0.15, 0.2) is 0 Å². The molecule has 0 spiro atoms. The smallest absolute Gasteiger partial charge is 0.240 e. The van der Waals surface area contributed by atoms with Gasteiger partial charge < -0.3 is 10.2 Å². The van der Waals surface area contributed by atoms with Crippen LogP contribution in [0.4, 0.5) is 0 Å². The maximum Gasteiger partial charge on any atom is 0.240 e. The Bertz CT molecular complexity index is 383. The van der Waals surface area contributed by atoms with E-state index in [2.05, 4.69) is 42.2 Å². The van der Waals surface area contributed by atoms with Gasteiger partial charge in [-0.2, -0.15) is 5.26 Å². The van der Waals surface area contributed by atoms with E-state index in [1.807, 2.05) is 0 Å². The van der Waals surface area contributed by atoms with Gasteiger partial charge in [-0.05, 0) is 32.9 Å². The summed E-state index contributed by atoms with van der Waals surface area (Å²) in [6, 6.07) is 2.56. The minimum atomic E-state index is -0.751. The largest absolute Gasteiger partial charge is 0.353 e. The number of hydrogen-bond donors (Lipinski definition) is 1. The Morgan fingerprint density at radius 3 is 2.68 bits per heavy atom. The lowest BCUT2D eigenvalue weighted by atomic mass is 9.63. The standard InChI is InChI=1S/C14H24N4O/c1-11-6-14(7-11,10-15)13(19)16-8-12-9-17(2)4-5-18(12)3/h11-12H,4-9H2,1-3H3,(H,16,19). The summed E-state index contributed by atoms with van der Waals surface area (Å²) >= 11 is 0. The van der Waals surface area contributed by atoms with E-state index in [0.29, 0.717) is 31.3 Å². The van der Waals surface area contributed by atoms with Crippen LogP contribution in [0.2, 0.25) is 0 Å². The monoisotopic (exact) mass is 264 g/mol. The van der Waals surface area contributed by atoms with E-state index >= 15 is 0 Å². The predicted molar refractivity (Wildman–Crippen MR) is 73.4 cm³/mol. The molecule has 1 amide bonds. The molecule has 1 atom stereocenters. The maximum atomic E-state index is 12.2. The summed E-state index contributed by atoms with van der Waals surface area (Å²) in [5.74, 6) is 0.420. The van der Waals surface area contributed by atoms with E-state index in [-0.39, 0.29) is 5.91 Å². The lowest BCUT2D eigenvalue weighted by Crippen LogP contribution is -2.56. The molecule has 1 aliphatic carbocycles. The summed E-state index contributed by atoms with van der Waals surface area (Å²) in [6.07, 6.45) is 1.41. The molecule has 0 aromatic heterocycles. The van der Waals surface area contributed by atoms with Crippen LogP contribution in [0.25, 0.3) is 0 Å². The molecule has 0 aromatic rings. The van der Waals surface area contributed by atoms with Crippen LogP contribution in [-0.2, 0) is 4.79 Å². The van der Waals surface area contributed by atoms with Gasteiger partial charge in [-0.3, -0.25) is 9.69 Å². The van der Waals surface area contributed by atoms with E-state index in [1.54, 1.807) is 0 Å². The molecule has 5 nitrogen and oxygen atoms in total. The number of nitrogens with one attached hydrogen (secondary N) is 1. The van der Waals surface area contributed by atoms with Crippen molar-refractivity contribution in [1.82, 2.24) is 15.1 Å². The van der Waals surface area contributed by atoms with Gasteiger partial charge in [0.05, 0.1) is 6.07 Å². The number of piperazine rings is 1. The van der Waals surface area contributed by atoms with Gasteiger partial charge in [0.1, 0.15) is 5.41 Å². The fourth-order valence-electron chi connectivity index (χ4n) is 3.16. The van der Waals surface area contributed by atoms with E-state index in [0.717, 1.165) is 19.6 Å². The summed E-state index contributed by atoms with van der Waals surface area (Å²) in [7, 11) is 4.20. The first kappa shape index (κ1) is 14.3. The van der Waals surface area contributed by atoms with E-state index in [1.165, 1.54) is 0 Å². The first-order valence-corrected chi connectivity index (χ1v) is 7.05. The molecule has 106 valence electrons. The van der Waals surface area contributed by atoms with Crippen LogP contribution < -0.4 is 5.32 Å². The van der Waals surface area contributed by atoms with E-state index < -0.39 is 5.41 Å². The van der Waals surface area contributed by atoms with Crippen molar-refractivity contribution in [3.63, 3.8) is 0 Å². The number of likely N-dealkylation sites (N-methyl/N-ethyl adjacent to an activating group) is 2. The minimum Gasteiger partial charge on any atom is -0.353 e. The molecule has 1 heterocycles. The van der Waals surface area contributed by atoms with Gasteiger partial charge in [0.2, 0.25) is 5.91 Å². The second kappa shape index (κ2) is 5.48. The third-order valence-corrected chi connectivity index (χ3v) is 4.52. The van der Waals surface area contributed by atoms with Crippen molar-refractivity contribution in [1.29, 1.82) is 5.26 Å². The highest BCUT2D eigenvalue weighted by Crippen LogP contribution is 2.44.